The maximum Gasteiger partial charge on any atom is 0.366 e. The van der Waals surface area contributed by atoms with Crippen LogP contribution < -0.4 is 5.32 Å². The second-order valence-corrected chi connectivity index (χ2v) is 4.63. The zero-order valence-corrected chi connectivity index (χ0v) is 9.37. The minimum atomic E-state index is -0.491. The molecule has 2 aromatic rings. The van der Waals surface area contributed by atoms with E-state index in [1.54, 1.807) is 11.3 Å². The molecule has 2 N–H and O–H groups in total. The Labute approximate surface area is 95.5 Å². The van der Waals surface area contributed by atoms with Crippen LogP contribution in [0.25, 0.3) is 0 Å². The van der Waals surface area contributed by atoms with Gasteiger partial charge in [-0.05, 0) is 24.0 Å². The monoisotopic (exact) mass is 238 g/mol. The van der Waals surface area contributed by atoms with Crippen molar-refractivity contribution >= 4 is 22.8 Å². The highest BCUT2D eigenvalue weighted by molar-refractivity contribution is 7.11. The molecular formula is C9H10N4O2S. The second-order valence-electron chi connectivity index (χ2n) is 3.26. The Bertz CT molecular complexity index is 505. The molecule has 0 amide bonds. The van der Waals surface area contributed by atoms with Crippen LogP contribution in [0.5, 0.6) is 0 Å². The van der Waals surface area contributed by atoms with E-state index in [-0.39, 0.29) is 5.82 Å². The molecule has 84 valence electrons. The van der Waals surface area contributed by atoms with Crippen LogP contribution in [-0.4, -0.2) is 15.1 Å². The summed E-state index contributed by atoms with van der Waals surface area (Å²) in [6, 6.07) is 4.02. The molecule has 0 aliphatic carbocycles. The van der Waals surface area contributed by atoms with Gasteiger partial charge < -0.3 is 15.4 Å². The fourth-order valence-corrected chi connectivity index (χ4v) is 2.14. The summed E-state index contributed by atoms with van der Waals surface area (Å²) < 4.78 is 0. The summed E-state index contributed by atoms with van der Waals surface area (Å²) >= 11 is 1.66. The highest BCUT2D eigenvalue weighted by Crippen LogP contribution is 2.22. The van der Waals surface area contributed by atoms with Crippen molar-refractivity contribution in [1.82, 2.24) is 10.2 Å². The molecule has 2 aromatic heterocycles. The third-order valence-electron chi connectivity index (χ3n) is 2.05. The molecule has 2 rings (SSSR count). The number of nitrogens with one attached hydrogen (secondary N) is 2. The van der Waals surface area contributed by atoms with Crippen molar-refractivity contribution in [3.63, 3.8) is 0 Å². The van der Waals surface area contributed by atoms with Crippen LogP contribution in [0.4, 0.5) is 11.5 Å². The molecule has 6 nitrogen and oxygen atoms in total. The van der Waals surface area contributed by atoms with Gasteiger partial charge in [0.15, 0.2) is 5.69 Å². The first kappa shape index (κ1) is 10.6. The Morgan fingerprint density at radius 1 is 1.62 bits per heavy atom. The standard InChI is InChI=1S/C9H10N4O2S/c1-6-2-3-7(16-6)4-10-8-5-11-12-9(8)13(14)15/h2-3,5,10H,4H2,1H3,(H,11,12). The molecule has 2 heterocycles. The number of H-pyrrole nitrogens is 1. The van der Waals surface area contributed by atoms with Crippen molar-refractivity contribution in [2.75, 3.05) is 5.32 Å². The molecule has 0 aliphatic heterocycles. The third-order valence-corrected chi connectivity index (χ3v) is 3.05. The molecule has 0 saturated carbocycles. The van der Waals surface area contributed by atoms with Crippen molar-refractivity contribution in [1.29, 1.82) is 0 Å². The summed E-state index contributed by atoms with van der Waals surface area (Å²) in [5, 5.41) is 19.5. The van der Waals surface area contributed by atoms with E-state index >= 15 is 0 Å². The van der Waals surface area contributed by atoms with E-state index in [4.69, 9.17) is 0 Å². The predicted octanol–water partition coefficient (Wildman–Crippen LogP) is 2.30. The fourth-order valence-electron chi connectivity index (χ4n) is 1.31. The lowest BCUT2D eigenvalue weighted by atomic mass is 10.4. The van der Waals surface area contributed by atoms with E-state index in [1.165, 1.54) is 11.1 Å². The van der Waals surface area contributed by atoms with E-state index in [2.05, 4.69) is 15.5 Å². The number of rotatable bonds is 4. The molecule has 0 unspecified atom stereocenters. The predicted molar refractivity (Wildman–Crippen MR) is 61.6 cm³/mol. The Morgan fingerprint density at radius 2 is 2.44 bits per heavy atom. The van der Waals surface area contributed by atoms with Crippen molar-refractivity contribution in [2.24, 2.45) is 0 Å². The van der Waals surface area contributed by atoms with Crippen molar-refractivity contribution in [2.45, 2.75) is 13.5 Å². The normalized spacial score (nSPS) is 10.3. The maximum atomic E-state index is 10.6. The Kier molecular flexibility index (Phi) is 2.86. The second kappa shape index (κ2) is 4.31. The van der Waals surface area contributed by atoms with Gasteiger partial charge in [-0.25, -0.2) is 0 Å². The average Bonchev–Trinajstić information content (AvgIpc) is 2.83. The minimum Gasteiger partial charge on any atom is -0.372 e. The van der Waals surface area contributed by atoms with E-state index in [1.807, 2.05) is 19.1 Å². The summed E-state index contributed by atoms with van der Waals surface area (Å²) in [6.45, 7) is 2.59. The molecule has 0 aromatic carbocycles. The van der Waals surface area contributed by atoms with Crippen molar-refractivity contribution < 1.29 is 4.92 Å². The minimum absolute atomic E-state index is 0.103. The molecule has 0 bridgehead atoms. The molecule has 16 heavy (non-hydrogen) atoms. The number of aryl methyl sites for hydroxylation is 1. The molecule has 0 atom stereocenters. The van der Waals surface area contributed by atoms with E-state index in [0.29, 0.717) is 12.2 Å². The van der Waals surface area contributed by atoms with Gasteiger partial charge >= 0.3 is 5.82 Å². The third kappa shape index (κ3) is 2.19. The number of hydrogen-bond donors (Lipinski definition) is 2. The lowest BCUT2D eigenvalue weighted by molar-refractivity contribution is -0.388. The Morgan fingerprint density at radius 3 is 3.06 bits per heavy atom. The van der Waals surface area contributed by atoms with Crippen LogP contribution in [0, 0.1) is 17.0 Å². The summed E-state index contributed by atoms with van der Waals surface area (Å²) in [4.78, 5) is 12.5. The first-order valence-electron chi connectivity index (χ1n) is 4.64. The number of nitro groups is 1. The first-order chi connectivity index (χ1) is 7.66. The van der Waals surface area contributed by atoms with Gasteiger partial charge in [0.2, 0.25) is 0 Å². The molecule has 0 fully saturated rings. The van der Waals surface area contributed by atoms with Gasteiger partial charge in [0.25, 0.3) is 0 Å². The molecule has 0 saturated heterocycles. The molecule has 0 spiro atoms. The number of thiophene rings is 1. The fraction of sp³-hybridized carbons (Fsp3) is 0.222. The van der Waals surface area contributed by atoms with Crippen LogP contribution in [0.3, 0.4) is 0 Å². The van der Waals surface area contributed by atoms with Gasteiger partial charge in [-0.15, -0.1) is 16.4 Å². The summed E-state index contributed by atoms with van der Waals surface area (Å²) in [5.74, 6) is -0.103. The maximum absolute atomic E-state index is 10.6. The van der Waals surface area contributed by atoms with E-state index in [9.17, 15) is 10.1 Å². The summed E-state index contributed by atoms with van der Waals surface area (Å²) in [6.07, 6.45) is 1.42. The lowest BCUT2D eigenvalue weighted by Gasteiger charge is -2.00. The van der Waals surface area contributed by atoms with Crippen molar-refractivity contribution in [3.05, 3.63) is 38.2 Å². The van der Waals surface area contributed by atoms with Gasteiger partial charge in [-0.2, -0.15) is 0 Å². The van der Waals surface area contributed by atoms with Crippen LogP contribution in [0.2, 0.25) is 0 Å². The number of hydrogen-bond acceptors (Lipinski definition) is 5. The first-order valence-corrected chi connectivity index (χ1v) is 5.45. The zero-order valence-electron chi connectivity index (χ0n) is 8.56. The molecular weight excluding hydrogens is 228 g/mol. The molecule has 0 radical (unpaired) electrons. The van der Waals surface area contributed by atoms with Crippen molar-refractivity contribution in [3.8, 4) is 0 Å². The number of aromatic nitrogens is 2. The molecule has 0 aliphatic rings. The SMILES string of the molecule is Cc1ccc(CNc2cn[nH]c2[N+](=O)[O-])s1. The van der Waals surface area contributed by atoms with Crippen LogP contribution >= 0.6 is 11.3 Å². The van der Waals surface area contributed by atoms with Crippen LogP contribution in [0.1, 0.15) is 9.75 Å². The van der Waals surface area contributed by atoms with E-state index < -0.39 is 4.92 Å². The topological polar surface area (TPSA) is 83.8 Å². The summed E-state index contributed by atoms with van der Waals surface area (Å²) in [5.41, 5.74) is 0.413. The molecule has 7 heteroatoms. The zero-order chi connectivity index (χ0) is 11.5. The highest BCUT2D eigenvalue weighted by atomic mass is 32.1. The van der Waals surface area contributed by atoms with Crippen LogP contribution in [-0.2, 0) is 6.54 Å². The van der Waals surface area contributed by atoms with Gasteiger partial charge in [-0.1, -0.05) is 5.10 Å². The van der Waals surface area contributed by atoms with Gasteiger partial charge in [0, 0.05) is 16.3 Å². The van der Waals surface area contributed by atoms with Crippen LogP contribution in [0.15, 0.2) is 18.3 Å². The lowest BCUT2D eigenvalue weighted by Crippen LogP contribution is -1.99. The summed E-state index contributed by atoms with van der Waals surface area (Å²) in [7, 11) is 0. The number of aromatic amines is 1. The van der Waals surface area contributed by atoms with E-state index in [0.717, 1.165) is 4.88 Å². The van der Waals surface area contributed by atoms with Gasteiger partial charge in [0.1, 0.15) is 6.20 Å². The smallest absolute Gasteiger partial charge is 0.366 e. The number of nitrogens with zero attached hydrogens (tertiary/aromatic N) is 2. The highest BCUT2D eigenvalue weighted by Gasteiger charge is 2.14. The van der Waals surface area contributed by atoms with Gasteiger partial charge in [-0.3, -0.25) is 0 Å². The number of anilines is 1. The Balaban J connectivity index is 2.04. The quantitative estimate of drug-likeness (QED) is 0.632. The largest absolute Gasteiger partial charge is 0.372 e. The average molecular weight is 238 g/mol. The van der Waals surface area contributed by atoms with Gasteiger partial charge in [0.05, 0.1) is 0 Å². The Hall–Kier alpha value is -1.89.